The molecule has 8 nitrogen and oxygen atoms in total. The summed E-state index contributed by atoms with van der Waals surface area (Å²) in [4.78, 5) is 50.8. The van der Waals surface area contributed by atoms with Gasteiger partial charge in [-0.05, 0) is 35.2 Å². The number of piperidine rings is 1. The first kappa shape index (κ1) is 22.3. The normalized spacial score (nSPS) is 17.1. The molecule has 5 rings (SSSR count). The van der Waals surface area contributed by atoms with Crippen molar-refractivity contribution >= 4 is 29.4 Å². The smallest absolute Gasteiger partial charge is 0.319 e. The first-order valence-electron chi connectivity index (χ1n) is 11.5. The fraction of sp³-hybridized carbons (Fsp3) is 0.185. The van der Waals surface area contributed by atoms with E-state index in [0.717, 1.165) is 22.3 Å². The monoisotopic (exact) mass is 468 g/mol. The molecule has 0 saturated carbocycles. The summed E-state index contributed by atoms with van der Waals surface area (Å²) in [5.74, 6) is -0.984. The molecule has 2 aliphatic heterocycles. The number of rotatable bonds is 5. The summed E-state index contributed by atoms with van der Waals surface area (Å²) in [6.45, 7) is 0.559. The second kappa shape index (κ2) is 9.42. The molecule has 0 bridgehead atoms. The number of anilines is 1. The molecule has 5 amide bonds. The van der Waals surface area contributed by atoms with Gasteiger partial charge in [0.05, 0.1) is 5.69 Å². The molecule has 3 aromatic carbocycles. The SMILES string of the molecule is O=C1CCC(N2Cc3ccc(CNC(=O)Nc4ccccc4-c4ccccc4)cc3C2=O)C(=O)N1. The van der Waals surface area contributed by atoms with Crippen molar-refractivity contribution in [3.63, 3.8) is 0 Å². The van der Waals surface area contributed by atoms with Crippen LogP contribution >= 0.6 is 0 Å². The third kappa shape index (κ3) is 4.63. The van der Waals surface area contributed by atoms with E-state index < -0.39 is 11.9 Å². The Balaban J connectivity index is 1.23. The molecule has 1 saturated heterocycles. The van der Waals surface area contributed by atoms with Crippen molar-refractivity contribution in [1.82, 2.24) is 15.5 Å². The minimum absolute atomic E-state index is 0.216. The molecule has 35 heavy (non-hydrogen) atoms. The topological polar surface area (TPSA) is 108 Å². The van der Waals surface area contributed by atoms with Gasteiger partial charge in [0.1, 0.15) is 6.04 Å². The molecule has 3 N–H and O–H groups in total. The Labute approximate surface area is 202 Å². The number of amides is 5. The van der Waals surface area contributed by atoms with E-state index in [0.29, 0.717) is 24.2 Å². The van der Waals surface area contributed by atoms with Crippen LogP contribution < -0.4 is 16.0 Å². The summed E-state index contributed by atoms with van der Waals surface area (Å²) in [7, 11) is 0. The fourth-order valence-electron chi connectivity index (χ4n) is 4.52. The van der Waals surface area contributed by atoms with Crippen molar-refractivity contribution in [3.8, 4) is 11.1 Å². The van der Waals surface area contributed by atoms with Gasteiger partial charge in [-0.1, -0.05) is 60.7 Å². The van der Waals surface area contributed by atoms with Crippen molar-refractivity contribution < 1.29 is 19.2 Å². The lowest BCUT2D eigenvalue weighted by Gasteiger charge is -2.29. The Morgan fingerprint density at radius 2 is 1.71 bits per heavy atom. The van der Waals surface area contributed by atoms with E-state index in [1.54, 1.807) is 6.07 Å². The van der Waals surface area contributed by atoms with Crippen molar-refractivity contribution in [2.24, 2.45) is 0 Å². The zero-order valence-electron chi connectivity index (χ0n) is 18.9. The highest BCUT2D eigenvalue weighted by Gasteiger charge is 2.39. The van der Waals surface area contributed by atoms with E-state index in [4.69, 9.17) is 0 Å². The van der Waals surface area contributed by atoms with Crippen LogP contribution in [0.25, 0.3) is 11.1 Å². The van der Waals surface area contributed by atoms with E-state index in [9.17, 15) is 19.2 Å². The van der Waals surface area contributed by atoms with Crippen LogP contribution in [0.3, 0.4) is 0 Å². The third-order valence-corrected chi connectivity index (χ3v) is 6.31. The summed E-state index contributed by atoms with van der Waals surface area (Å²) in [6, 6.07) is 21.8. The molecule has 1 unspecified atom stereocenters. The number of fused-ring (bicyclic) bond motifs is 1. The van der Waals surface area contributed by atoms with E-state index in [2.05, 4.69) is 16.0 Å². The highest BCUT2D eigenvalue weighted by atomic mass is 16.2. The molecule has 0 spiro atoms. The van der Waals surface area contributed by atoms with Crippen molar-refractivity contribution in [1.29, 1.82) is 0 Å². The van der Waals surface area contributed by atoms with E-state index in [1.165, 1.54) is 4.90 Å². The number of nitrogens with zero attached hydrogens (tertiary/aromatic N) is 1. The standard InChI is InChI=1S/C27H24N4O4/c32-24-13-12-23(25(33)30-24)31-16-19-11-10-17(14-21(19)26(31)34)15-28-27(35)29-22-9-5-4-8-20(22)18-6-2-1-3-7-18/h1-11,14,23H,12-13,15-16H2,(H2,28,29,35)(H,30,32,33). The molecule has 0 radical (unpaired) electrons. The molecule has 1 fully saturated rings. The van der Waals surface area contributed by atoms with Gasteiger partial charge in [0.2, 0.25) is 11.8 Å². The van der Waals surface area contributed by atoms with Gasteiger partial charge in [0.15, 0.2) is 0 Å². The summed E-state index contributed by atoms with van der Waals surface area (Å²) in [5.41, 5.74) is 4.73. The maximum absolute atomic E-state index is 13.0. The maximum Gasteiger partial charge on any atom is 0.319 e. The number of carbonyl (C=O) groups is 4. The Bertz CT molecular complexity index is 1320. The van der Waals surface area contributed by atoms with Crippen LogP contribution in [0.4, 0.5) is 10.5 Å². The van der Waals surface area contributed by atoms with Gasteiger partial charge in [0, 0.05) is 30.6 Å². The van der Waals surface area contributed by atoms with Gasteiger partial charge in [-0.2, -0.15) is 0 Å². The Hall–Kier alpha value is -4.46. The number of nitrogens with one attached hydrogen (secondary N) is 3. The zero-order valence-corrected chi connectivity index (χ0v) is 18.9. The van der Waals surface area contributed by atoms with Gasteiger partial charge < -0.3 is 15.5 Å². The fourth-order valence-corrected chi connectivity index (χ4v) is 4.52. The molecule has 0 aliphatic carbocycles. The number of benzene rings is 3. The quantitative estimate of drug-likeness (QED) is 0.499. The Morgan fingerprint density at radius 3 is 2.51 bits per heavy atom. The molecule has 0 aromatic heterocycles. The minimum Gasteiger partial charge on any atom is -0.334 e. The molecule has 1 atom stereocenters. The lowest BCUT2D eigenvalue weighted by atomic mass is 10.0. The Kier molecular flexibility index (Phi) is 6.01. The summed E-state index contributed by atoms with van der Waals surface area (Å²) < 4.78 is 0. The molecular weight excluding hydrogens is 444 g/mol. The molecule has 8 heteroatoms. The van der Waals surface area contributed by atoms with Crippen LogP contribution in [-0.2, 0) is 22.7 Å². The minimum atomic E-state index is -0.648. The largest absolute Gasteiger partial charge is 0.334 e. The predicted octanol–water partition coefficient (Wildman–Crippen LogP) is 3.44. The average Bonchev–Trinajstić information content (AvgIpc) is 3.19. The van der Waals surface area contributed by atoms with Crippen LogP contribution in [-0.4, -0.2) is 34.7 Å². The number of hydrogen-bond donors (Lipinski definition) is 3. The van der Waals surface area contributed by atoms with Gasteiger partial charge in [0.25, 0.3) is 5.91 Å². The van der Waals surface area contributed by atoms with E-state index in [-0.39, 0.29) is 30.8 Å². The second-order valence-electron chi connectivity index (χ2n) is 8.61. The number of carbonyl (C=O) groups excluding carboxylic acids is 4. The van der Waals surface area contributed by atoms with Crippen LogP contribution in [0.15, 0.2) is 72.8 Å². The number of urea groups is 1. The third-order valence-electron chi connectivity index (χ3n) is 6.31. The van der Waals surface area contributed by atoms with Gasteiger partial charge in [-0.25, -0.2) is 4.79 Å². The maximum atomic E-state index is 13.0. The summed E-state index contributed by atoms with van der Waals surface area (Å²) in [6.07, 6.45) is 0.539. The first-order valence-corrected chi connectivity index (χ1v) is 11.5. The number of imide groups is 1. The van der Waals surface area contributed by atoms with Crippen molar-refractivity contribution in [2.45, 2.75) is 32.0 Å². The molecular formula is C27H24N4O4. The highest BCUT2D eigenvalue weighted by Crippen LogP contribution is 2.29. The molecule has 176 valence electrons. The van der Waals surface area contributed by atoms with Gasteiger partial charge in [-0.3, -0.25) is 19.7 Å². The predicted molar refractivity (Wildman–Crippen MR) is 130 cm³/mol. The lowest BCUT2D eigenvalue weighted by Crippen LogP contribution is -2.52. The van der Waals surface area contributed by atoms with Gasteiger partial charge >= 0.3 is 6.03 Å². The van der Waals surface area contributed by atoms with Crippen LogP contribution in [0.1, 0.15) is 34.3 Å². The van der Waals surface area contributed by atoms with E-state index >= 15 is 0 Å². The lowest BCUT2D eigenvalue weighted by molar-refractivity contribution is -0.136. The molecule has 2 aliphatic rings. The van der Waals surface area contributed by atoms with Crippen LogP contribution in [0.2, 0.25) is 0 Å². The molecule has 2 heterocycles. The van der Waals surface area contributed by atoms with E-state index in [1.807, 2.05) is 66.7 Å². The summed E-state index contributed by atoms with van der Waals surface area (Å²) >= 11 is 0. The zero-order chi connectivity index (χ0) is 24.4. The number of hydrogen-bond acceptors (Lipinski definition) is 4. The van der Waals surface area contributed by atoms with Gasteiger partial charge in [-0.15, -0.1) is 0 Å². The Morgan fingerprint density at radius 1 is 0.943 bits per heavy atom. The first-order chi connectivity index (χ1) is 17.0. The second-order valence-corrected chi connectivity index (χ2v) is 8.61. The van der Waals surface area contributed by atoms with Crippen molar-refractivity contribution in [2.75, 3.05) is 5.32 Å². The molecule has 3 aromatic rings. The van der Waals surface area contributed by atoms with Crippen LogP contribution in [0.5, 0.6) is 0 Å². The highest BCUT2D eigenvalue weighted by molar-refractivity contribution is 6.05. The summed E-state index contributed by atoms with van der Waals surface area (Å²) in [5, 5.41) is 8.05. The van der Waals surface area contributed by atoms with Crippen molar-refractivity contribution in [3.05, 3.63) is 89.5 Å². The van der Waals surface area contributed by atoms with Crippen LogP contribution in [0, 0.1) is 0 Å². The number of para-hydroxylation sites is 1. The average molecular weight is 469 g/mol.